The van der Waals surface area contributed by atoms with Gasteiger partial charge in [0.25, 0.3) is 5.56 Å². The van der Waals surface area contributed by atoms with E-state index in [1.807, 2.05) is 30.5 Å². The molecule has 0 aliphatic carbocycles. The Labute approximate surface area is 174 Å². The number of imidazole rings is 1. The van der Waals surface area contributed by atoms with Crippen LogP contribution >= 0.6 is 0 Å². The van der Waals surface area contributed by atoms with Crippen LogP contribution < -0.4 is 10.3 Å². The molecule has 8 heteroatoms. The van der Waals surface area contributed by atoms with Crippen molar-refractivity contribution in [3.8, 4) is 17.1 Å². The number of aliphatic hydroxyl groups excluding tert-OH is 1. The summed E-state index contributed by atoms with van der Waals surface area (Å²) in [4.78, 5) is 22.8. The summed E-state index contributed by atoms with van der Waals surface area (Å²) in [6.45, 7) is 2.56. The van der Waals surface area contributed by atoms with E-state index in [1.165, 1.54) is 0 Å². The molecule has 0 bridgehead atoms. The number of pyridine rings is 1. The van der Waals surface area contributed by atoms with Crippen molar-refractivity contribution in [2.75, 3.05) is 33.4 Å². The number of hydrogen-bond donors (Lipinski definition) is 2. The molecule has 2 aliphatic heterocycles. The fourth-order valence-electron chi connectivity index (χ4n) is 4.73. The van der Waals surface area contributed by atoms with E-state index in [2.05, 4.69) is 19.4 Å². The van der Waals surface area contributed by atoms with Crippen molar-refractivity contribution in [3.63, 3.8) is 0 Å². The van der Waals surface area contributed by atoms with E-state index in [1.54, 1.807) is 13.3 Å². The highest BCUT2D eigenvalue weighted by Gasteiger charge is 2.38. The summed E-state index contributed by atoms with van der Waals surface area (Å²) in [6.07, 6.45) is 5.43. The minimum absolute atomic E-state index is 0.0904. The van der Waals surface area contributed by atoms with Gasteiger partial charge in [-0.3, -0.25) is 9.69 Å². The van der Waals surface area contributed by atoms with E-state index in [4.69, 9.17) is 9.47 Å². The highest BCUT2D eigenvalue weighted by Crippen LogP contribution is 2.33. The zero-order chi connectivity index (χ0) is 20.7. The molecule has 0 radical (unpaired) electrons. The van der Waals surface area contributed by atoms with Crippen LogP contribution in [0.2, 0.25) is 0 Å². The maximum Gasteiger partial charge on any atom is 0.259 e. The van der Waals surface area contributed by atoms with Crippen molar-refractivity contribution in [1.82, 2.24) is 19.4 Å². The van der Waals surface area contributed by atoms with Gasteiger partial charge < -0.3 is 24.1 Å². The molecule has 158 valence electrons. The quantitative estimate of drug-likeness (QED) is 0.666. The summed E-state index contributed by atoms with van der Waals surface area (Å²) in [5.41, 5.74) is 1.15. The molecule has 30 heavy (non-hydrogen) atoms. The molecule has 2 fully saturated rings. The molecule has 3 atom stereocenters. The molecule has 2 saturated heterocycles. The lowest BCUT2D eigenvalue weighted by atomic mass is 10.1. The number of morpholine rings is 1. The summed E-state index contributed by atoms with van der Waals surface area (Å²) >= 11 is 0. The van der Waals surface area contributed by atoms with Crippen LogP contribution in [0.4, 0.5) is 0 Å². The third-order valence-electron chi connectivity index (χ3n) is 6.28. The largest absolute Gasteiger partial charge is 0.497 e. The molecule has 2 aliphatic rings. The van der Waals surface area contributed by atoms with Crippen molar-refractivity contribution in [3.05, 3.63) is 47.0 Å². The standard InChI is InChI=1S/C22H26N4O4/c1-29-17-3-2-14-8-19(22(28)24-20(14)10-17)21-23-5-6-26(21)15-9-16-13-30-18(4-7-27)12-25(16)11-15/h2-3,5-6,8,10,15-16,18,27H,4,7,9,11-13H2,1H3,(H,24,28)/t15-,16-,18-/m0/s1. The van der Waals surface area contributed by atoms with Gasteiger partial charge in [-0.15, -0.1) is 0 Å². The summed E-state index contributed by atoms with van der Waals surface area (Å²) in [5.74, 6) is 1.39. The average molecular weight is 410 g/mol. The van der Waals surface area contributed by atoms with E-state index in [9.17, 15) is 9.90 Å². The van der Waals surface area contributed by atoms with Crippen molar-refractivity contribution < 1.29 is 14.6 Å². The number of aliphatic hydroxyl groups is 1. The van der Waals surface area contributed by atoms with E-state index in [0.717, 1.165) is 30.4 Å². The molecule has 0 unspecified atom stereocenters. The van der Waals surface area contributed by atoms with Crippen LogP contribution in [0.1, 0.15) is 18.9 Å². The van der Waals surface area contributed by atoms with Crippen LogP contribution in [-0.4, -0.2) is 70.1 Å². The number of nitrogens with zero attached hydrogens (tertiary/aromatic N) is 3. The zero-order valence-corrected chi connectivity index (χ0v) is 17.0. The number of aromatic nitrogens is 3. The zero-order valence-electron chi connectivity index (χ0n) is 17.0. The van der Waals surface area contributed by atoms with Crippen LogP contribution in [0.15, 0.2) is 41.5 Å². The average Bonchev–Trinajstić information content (AvgIpc) is 3.39. The van der Waals surface area contributed by atoms with Crippen LogP contribution in [-0.2, 0) is 4.74 Å². The van der Waals surface area contributed by atoms with Gasteiger partial charge in [0.2, 0.25) is 0 Å². The Morgan fingerprint density at radius 3 is 3.03 bits per heavy atom. The summed E-state index contributed by atoms with van der Waals surface area (Å²) < 4.78 is 13.3. The topological polar surface area (TPSA) is 92.6 Å². The second-order valence-corrected chi connectivity index (χ2v) is 8.09. The molecule has 2 aromatic heterocycles. The maximum absolute atomic E-state index is 12.9. The lowest BCUT2D eigenvalue weighted by molar-refractivity contribution is -0.0567. The van der Waals surface area contributed by atoms with Gasteiger partial charge in [-0.1, -0.05) is 0 Å². The molecule has 3 aromatic rings. The first kappa shape index (κ1) is 19.3. The lowest BCUT2D eigenvalue weighted by Gasteiger charge is -2.34. The third kappa shape index (κ3) is 3.40. The summed E-state index contributed by atoms with van der Waals surface area (Å²) in [6, 6.07) is 8.14. The van der Waals surface area contributed by atoms with E-state index in [0.29, 0.717) is 36.2 Å². The molecule has 5 rings (SSSR count). The molecular weight excluding hydrogens is 384 g/mol. The van der Waals surface area contributed by atoms with Gasteiger partial charge in [0.1, 0.15) is 11.6 Å². The molecule has 0 saturated carbocycles. The van der Waals surface area contributed by atoms with Crippen molar-refractivity contribution >= 4 is 10.9 Å². The van der Waals surface area contributed by atoms with Crippen molar-refractivity contribution in [2.24, 2.45) is 0 Å². The second kappa shape index (κ2) is 7.86. The predicted octanol–water partition coefficient (Wildman–Crippen LogP) is 1.80. The second-order valence-electron chi connectivity index (χ2n) is 8.09. The van der Waals surface area contributed by atoms with E-state index >= 15 is 0 Å². The monoisotopic (exact) mass is 410 g/mol. The minimum atomic E-state index is -0.162. The Bertz CT molecular complexity index is 1110. The molecule has 8 nitrogen and oxygen atoms in total. The van der Waals surface area contributed by atoms with Gasteiger partial charge in [0.05, 0.1) is 30.9 Å². The Balaban J connectivity index is 1.44. The van der Waals surface area contributed by atoms with Gasteiger partial charge in [0.15, 0.2) is 0 Å². The Morgan fingerprint density at radius 2 is 2.20 bits per heavy atom. The minimum Gasteiger partial charge on any atom is -0.497 e. The number of methoxy groups -OCH3 is 1. The van der Waals surface area contributed by atoms with Crippen LogP contribution in [0.25, 0.3) is 22.3 Å². The molecule has 0 amide bonds. The first-order chi connectivity index (χ1) is 14.7. The number of aromatic amines is 1. The predicted molar refractivity (Wildman–Crippen MR) is 113 cm³/mol. The molecule has 1 aromatic carbocycles. The maximum atomic E-state index is 12.9. The van der Waals surface area contributed by atoms with Crippen LogP contribution in [0.5, 0.6) is 5.75 Å². The van der Waals surface area contributed by atoms with E-state index in [-0.39, 0.29) is 24.3 Å². The lowest BCUT2D eigenvalue weighted by Crippen LogP contribution is -2.46. The van der Waals surface area contributed by atoms with Gasteiger partial charge in [-0.2, -0.15) is 0 Å². The SMILES string of the molecule is COc1ccc2cc(-c3nccn3[C@H]3C[C@H]4CO[C@@H](CCO)CN4C3)c(=O)[nH]c2c1. The molecule has 2 N–H and O–H groups in total. The van der Waals surface area contributed by atoms with Crippen molar-refractivity contribution in [1.29, 1.82) is 0 Å². The number of benzene rings is 1. The summed E-state index contributed by atoms with van der Waals surface area (Å²) in [7, 11) is 1.61. The fourth-order valence-corrected chi connectivity index (χ4v) is 4.73. The first-order valence-corrected chi connectivity index (χ1v) is 10.4. The van der Waals surface area contributed by atoms with Gasteiger partial charge in [-0.05, 0) is 36.4 Å². The Morgan fingerprint density at radius 1 is 1.30 bits per heavy atom. The number of nitrogens with one attached hydrogen (secondary N) is 1. The van der Waals surface area contributed by atoms with Gasteiger partial charge in [-0.25, -0.2) is 4.98 Å². The van der Waals surface area contributed by atoms with Gasteiger partial charge in [0, 0.05) is 50.2 Å². The Hall–Kier alpha value is -2.68. The Kier molecular flexibility index (Phi) is 5.06. The highest BCUT2D eigenvalue weighted by molar-refractivity contribution is 5.83. The smallest absolute Gasteiger partial charge is 0.259 e. The third-order valence-corrected chi connectivity index (χ3v) is 6.28. The van der Waals surface area contributed by atoms with Crippen molar-refractivity contribution in [2.45, 2.75) is 31.0 Å². The number of ether oxygens (including phenoxy) is 2. The van der Waals surface area contributed by atoms with Crippen LogP contribution in [0.3, 0.4) is 0 Å². The number of hydrogen-bond acceptors (Lipinski definition) is 6. The first-order valence-electron chi connectivity index (χ1n) is 10.4. The summed E-state index contributed by atoms with van der Waals surface area (Å²) in [5, 5.41) is 10.1. The number of fused-ring (bicyclic) bond motifs is 2. The van der Waals surface area contributed by atoms with Gasteiger partial charge >= 0.3 is 0 Å². The fraction of sp³-hybridized carbons (Fsp3) is 0.455. The molecular formula is C22H26N4O4. The highest BCUT2D eigenvalue weighted by atomic mass is 16.5. The van der Waals surface area contributed by atoms with E-state index < -0.39 is 0 Å². The normalized spacial score (nSPS) is 24.3. The molecule has 0 spiro atoms. The number of H-pyrrole nitrogens is 1. The number of rotatable bonds is 5. The molecule has 4 heterocycles. The van der Waals surface area contributed by atoms with Crippen LogP contribution in [0, 0.1) is 0 Å².